The van der Waals surface area contributed by atoms with Crippen LogP contribution in [-0.4, -0.2) is 61.5 Å². The molecular weight excluding hydrogens is 286 g/mol. The second-order valence-corrected chi connectivity index (χ2v) is 6.66. The smallest absolute Gasteiger partial charge is 0.222 e. The molecule has 1 unspecified atom stereocenters. The predicted octanol–water partition coefficient (Wildman–Crippen LogP) is 2.27. The lowest BCUT2D eigenvalue weighted by molar-refractivity contribution is -0.133. The lowest BCUT2D eigenvalue weighted by Gasteiger charge is -2.30. The Bertz CT molecular complexity index is 300. The molecule has 1 heterocycles. The van der Waals surface area contributed by atoms with Crippen molar-refractivity contribution in [1.82, 2.24) is 15.1 Å². The third-order valence-corrected chi connectivity index (χ3v) is 4.74. The molecule has 0 aromatic heterocycles. The van der Waals surface area contributed by atoms with Crippen molar-refractivity contribution in [3.8, 4) is 0 Å². The molecule has 1 amide bonds. The molecule has 2 aliphatic rings. The van der Waals surface area contributed by atoms with Gasteiger partial charge in [-0.15, -0.1) is 12.4 Å². The molecule has 1 saturated heterocycles. The van der Waals surface area contributed by atoms with Crippen molar-refractivity contribution >= 4 is 18.3 Å². The Morgan fingerprint density at radius 3 is 2.38 bits per heavy atom. The molecule has 4 nitrogen and oxygen atoms in total. The first kappa shape index (κ1) is 18.7. The third-order valence-electron chi connectivity index (χ3n) is 4.74. The highest BCUT2D eigenvalue weighted by Gasteiger charge is 2.27. The minimum absolute atomic E-state index is 0. The maximum Gasteiger partial charge on any atom is 0.222 e. The van der Waals surface area contributed by atoms with Gasteiger partial charge in [-0.1, -0.05) is 12.8 Å². The van der Waals surface area contributed by atoms with Crippen LogP contribution in [0.1, 0.15) is 51.4 Å². The standard InChI is InChI=1S/C16H31N3O.ClH/c1-18(2)12-13-19(15-7-3-4-8-15)16(20)10-9-14-6-5-11-17-14;/h14-15,17H,3-13H2,1-2H3;1H. The van der Waals surface area contributed by atoms with E-state index in [1.54, 1.807) is 0 Å². The minimum Gasteiger partial charge on any atom is -0.338 e. The molecule has 5 heteroatoms. The van der Waals surface area contributed by atoms with Crippen LogP contribution < -0.4 is 5.32 Å². The highest BCUT2D eigenvalue weighted by atomic mass is 35.5. The topological polar surface area (TPSA) is 35.6 Å². The highest BCUT2D eigenvalue weighted by molar-refractivity contribution is 5.85. The Balaban J connectivity index is 0.00000220. The van der Waals surface area contributed by atoms with Crippen LogP contribution in [0.2, 0.25) is 0 Å². The van der Waals surface area contributed by atoms with E-state index in [0.717, 1.165) is 32.5 Å². The van der Waals surface area contributed by atoms with Gasteiger partial charge in [-0.2, -0.15) is 0 Å². The Morgan fingerprint density at radius 2 is 1.81 bits per heavy atom. The quantitative estimate of drug-likeness (QED) is 0.782. The van der Waals surface area contributed by atoms with E-state index in [9.17, 15) is 4.79 Å². The van der Waals surface area contributed by atoms with Crippen LogP contribution in [0.5, 0.6) is 0 Å². The number of carbonyl (C=O) groups excluding carboxylic acids is 1. The predicted molar refractivity (Wildman–Crippen MR) is 90.0 cm³/mol. The van der Waals surface area contributed by atoms with E-state index in [1.807, 2.05) is 0 Å². The van der Waals surface area contributed by atoms with E-state index in [-0.39, 0.29) is 12.4 Å². The Kier molecular flexibility index (Phi) is 8.60. The molecule has 21 heavy (non-hydrogen) atoms. The van der Waals surface area contributed by atoms with Gasteiger partial charge in [0.2, 0.25) is 5.91 Å². The summed E-state index contributed by atoms with van der Waals surface area (Å²) in [5.74, 6) is 0.382. The van der Waals surface area contributed by atoms with Crippen LogP contribution in [0.25, 0.3) is 0 Å². The molecule has 0 radical (unpaired) electrons. The summed E-state index contributed by atoms with van der Waals surface area (Å²) in [5.41, 5.74) is 0. The molecule has 0 aromatic carbocycles. The van der Waals surface area contributed by atoms with Crippen LogP contribution in [0.15, 0.2) is 0 Å². The first-order valence-electron chi connectivity index (χ1n) is 8.34. The van der Waals surface area contributed by atoms with E-state index in [1.165, 1.54) is 38.5 Å². The van der Waals surface area contributed by atoms with Crippen LogP contribution >= 0.6 is 12.4 Å². The number of nitrogens with zero attached hydrogens (tertiary/aromatic N) is 2. The fraction of sp³-hybridized carbons (Fsp3) is 0.938. The van der Waals surface area contributed by atoms with Crippen molar-refractivity contribution in [3.63, 3.8) is 0 Å². The van der Waals surface area contributed by atoms with E-state index in [0.29, 0.717) is 18.0 Å². The number of amides is 1. The average Bonchev–Trinajstić information content (AvgIpc) is 3.09. The molecule has 2 rings (SSSR count). The molecule has 0 spiro atoms. The fourth-order valence-corrected chi connectivity index (χ4v) is 3.48. The summed E-state index contributed by atoms with van der Waals surface area (Å²) in [4.78, 5) is 16.9. The van der Waals surface area contributed by atoms with Gasteiger partial charge < -0.3 is 15.1 Å². The number of hydrogen-bond acceptors (Lipinski definition) is 3. The van der Waals surface area contributed by atoms with Gasteiger partial charge in [0.1, 0.15) is 0 Å². The second-order valence-electron chi connectivity index (χ2n) is 6.66. The molecule has 0 bridgehead atoms. The van der Waals surface area contributed by atoms with Crippen molar-refractivity contribution in [1.29, 1.82) is 0 Å². The Morgan fingerprint density at radius 1 is 1.10 bits per heavy atom. The summed E-state index contributed by atoms with van der Waals surface area (Å²) >= 11 is 0. The lowest BCUT2D eigenvalue weighted by Crippen LogP contribution is -2.43. The summed E-state index contributed by atoms with van der Waals surface area (Å²) in [6.07, 6.45) is 9.26. The SMILES string of the molecule is CN(C)CCN(C(=O)CCC1CCCN1)C1CCCC1.Cl. The largest absolute Gasteiger partial charge is 0.338 e. The van der Waals surface area contributed by atoms with Gasteiger partial charge in [-0.05, 0) is 52.7 Å². The minimum atomic E-state index is 0. The van der Waals surface area contributed by atoms with Crippen LogP contribution in [0, 0.1) is 0 Å². The van der Waals surface area contributed by atoms with Gasteiger partial charge in [-0.25, -0.2) is 0 Å². The zero-order chi connectivity index (χ0) is 14.4. The number of likely N-dealkylation sites (N-methyl/N-ethyl adjacent to an activating group) is 1. The number of nitrogens with one attached hydrogen (secondary N) is 1. The van der Waals surface area contributed by atoms with Gasteiger partial charge in [0.05, 0.1) is 0 Å². The Labute approximate surface area is 136 Å². The zero-order valence-corrected chi connectivity index (χ0v) is 14.5. The third kappa shape index (κ3) is 6.13. The number of halogens is 1. The van der Waals surface area contributed by atoms with Crippen LogP contribution in [0.3, 0.4) is 0 Å². The second kappa shape index (κ2) is 9.65. The van der Waals surface area contributed by atoms with Crippen molar-refractivity contribution in [2.24, 2.45) is 0 Å². The zero-order valence-electron chi connectivity index (χ0n) is 13.6. The Hall–Kier alpha value is -0.320. The molecule has 1 atom stereocenters. The molecule has 1 saturated carbocycles. The molecule has 1 N–H and O–H groups in total. The molecule has 1 aliphatic carbocycles. The molecular formula is C16H32ClN3O. The summed E-state index contributed by atoms with van der Waals surface area (Å²) < 4.78 is 0. The van der Waals surface area contributed by atoms with E-state index in [4.69, 9.17) is 0 Å². The first-order chi connectivity index (χ1) is 9.66. The van der Waals surface area contributed by atoms with Gasteiger partial charge >= 0.3 is 0 Å². The first-order valence-corrected chi connectivity index (χ1v) is 8.34. The summed E-state index contributed by atoms with van der Waals surface area (Å²) in [7, 11) is 4.17. The summed E-state index contributed by atoms with van der Waals surface area (Å²) in [6.45, 7) is 3.00. The van der Waals surface area contributed by atoms with E-state index in [2.05, 4.69) is 29.2 Å². The van der Waals surface area contributed by atoms with Gasteiger partial charge in [0, 0.05) is 31.6 Å². The molecule has 1 aliphatic heterocycles. The van der Waals surface area contributed by atoms with Gasteiger partial charge in [-0.3, -0.25) is 4.79 Å². The number of carbonyl (C=O) groups is 1. The van der Waals surface area contributed by atoms with E-state index >= 15 is 0 Å². The van der Waals surface area contributed by atoms with Crippen molar-refractivity contribution < 1.29 is 4.79 Å². The molecule has 2 fully saturated rings. The lowest BCUT2D eigenvalue weighted by atomic mass is 10.1. The normalized spacial score (nSPS) is 22.5. The molecule has 0 aromatic rings. The van der Waals surface area contributed by atoms with Crippen molar-refractivity contribution in [3.05, 3.63) is 0 Å². The monoisotopic (exact) mass is 317 g/mol. The highest BCUT2D eigenvalue weighted by Crippen LogP contribution is 2.24. The van der Waals surface area contributed by atoms with Crippen LogP contribution in [0.4, 0.5) is 0 Å². The maximum atomic E-state index is 12.6. The van der Waals surface area contributed by atoms with Gasteiger partial charge in [0.25, 0.3) is 0 Å². The van der Waals surface area contributed by atoms with Crippen molar-refractivity contribution in [2.75, 3.05) is 33.7 Å². The van der Waals surface area contributed by atoms with Gasteiger partial charge in [0.15, 0.2) is 0 Å². The fourth-order valence-electron chi connectivity index (χ4n) is 3.48. The molecule has 124 valence electrons. The summed E-state index contributed by atoms with van der Waals surface area (Å²) in [5, 5.41) is 3.49. The number of hydrogen-bond donors (Lipinski definition) is 1. The number of rotatable bonds is 7. The average molecular weight is 318 g/mol. The van der Waals surface area contributed by atoms with Crippen molar-refractivity contribution in [2.45, 2.75) is 63.5 Å². The van der Waals surface area contributed by atoms with Crippen LogP contribution in [-0.2, 0) is 4.79 Å². The van der Waals surface area contributed by atoms with E-state index < -0.39 is 0 Å². The summed E-state index contributed by atoms with van der Waals surface area (Å²) in [6, 6.07) is 1.09. The maximum absolute atomic E-state index is 12.6.